The maximum Gasteiger partial charge on any atom is 0.337 e. The Morgan fingerprint density at radius 3 is 2.00 bits per heavy atom. The number of nitrogens with two attached hydrogens (primary N) is 2. The smallest absolute Gasteiger partial charge is 0.337 e. The van der Waals surface area contributed by atoms with Crippen LogP contribution in [0.4, 0.5) is 11.4 Å². The second kappa shape index (κ2) is 14.3. The van der Waals surface area contributed by atoms with Crippen molar-refractivity contribution in [3.8, 4) is 44.9 Å². The summed E-state index contributed by atoms with van der Waals surface area (Å²) in [6.07, 6.45) is 6.94. The SMILES string of the molecule is Nc1c(Cl)cc(-c2ccc3cc(-c4nc5c(-c6ccc7ncccc7c6)c(C(=O)O)c(-c6cc(Cl)c(N)c(Cl)c6)cc5n4C4CCCCC4)ccc3n2)cc1Cl. The van der Waals surface area contributed by atoms with Gasteiger partial charge in [-0.25, -0.2) is 14.8 Å². The Morgan fingerprint density at radius 2 is 1.30 bits per heavy atom. The lowest BCUT2D eigenvalue weighted by Gasteiger charge is -2.26. The standard InChI is InChI=1S/C44H32Cl4N6O2/c45-30-17-26(18-31(46)40(30)49)29-21-37-42(38(39(29)44(55)56)24-9-11-34-22(15-24)5-4-14-51-34)53-43(54(37)28-6-2-1-3-7-28)25-10-13-35-23(16-25)8-12-36(52-35)27-19-32(47)41(50)33(48)20-27/h4-5,8-21,28H,1-3,6-7,49-50H2,(H,55,56). The van der Waals surface area contributed by atoms with E-state index >= 15 is 0 Å². The van der Waals surface area contributed by atoms with Crippen molar-refractivity contribution in [2.75, 3.05) is 11.5 Å². The number of nitrogen functional groups attached to an aromatic ring is 2. The Bertz CT molecular complexity index is 2880. The first-order valence-corrected chi connectivity index (χ1v) is 19.6. The summed E-state index contributed by atoms with van der Waals surface area (Å²) in [7, 11) is 0. The van der Waals surface area contributed by atoms with Gasteiger partial charge in [0.05, 0.1) is 64.8 Å². The van der Waals surface area contributed by atoms with Crippen molar-refractivity contribution in [3.63, 3.8) is 0 Å². The molecule has 0 aliphatic heterocycles. The molecule has 3 aromatic heterocycles. The molecule has 1 fully saturated rings. The van der Waals surface area contributed by atoms with Crippen LogP contribution < -0.4 is 11.5 Å². The monoisotopic (exact) mass is 816 g/mol. The molecule has 5 N–H and O–H groups in total. The number of imidazole rings is 1. The van der Waals surface area contributed by atoms with E-state index in [1.54, 1.807) is 30.5 Å². The Morgan fingerprint density at radius 1 is 0.679 bits per heavy atom. The van der Waals surface area contributed by atoms with Crippen LogP contribution in [-0.4, -0.2) is 30.6 Å². The number of fused-ring (bicyclic) bond motifs is 3. The molecule has 8 nitrogen and oxygen atoms in total. The van der Waals surface area contributed by atoms with Gasteiger partial charge in [0.1, 0.15) is 5.82 Å². The largest absolute Gasteiger partial charge is 0.478 e. The van der Waals surface area contributed by atoms with Crippen LogP contribution in [0.15, 0.2) is 97.2 Å². The highest BCUT2D eigenvalue weighted by Gasteiger charge is 2.30. The number of aromatic nitrogens is 4. The molecule has 1 aliphatic rings. The summed E-state index contributed by atoms with van der Waals surface area (Å²) in [6, 6.07) is 28.5. The van der Waals surface area contributed by atoms with Gasteiger partial charge in [0.2, 0.25) is 0 Å². The molecule has 5 aromatic carbocycles. The number of benzene rings is 5. The van der Waals surface area contributed by atoms with Crippen LogP contribution in [0.5, 0.6) is 0 Å². The number of rotatable bonds is 6. The zero-order valence-corrected chi connectivity index (χ0v) is 32.7. The number of hydrogen-bond donors (Lipinski definition) is 3. The Balaban J connectivity index is 1.32. The fourth-order valence-corrected chi connectivity index (χ4v) is 8.98. The first-order valence-electron chi connectivity index (χ1n) is 18.1. The lowest BCUT2D eigenvalue weighted by Crippen LogP contribution is -2.14. The summed E-state index contributed by atoms with van der Waals surface area (Å²) in [5, 5.41) is 14.1. The van der Waals surface area contributed by atoms with Gasteiger partial charge in [-0.2, -0.15) is 0 Å². The van der Waals surface area contributed by atoms with Crippen molar-refractivity contribution in [3.05, 3.63) is 123 Å². The summed E-state index contributed by atoms with van der Waals surface area (Å²) < 4.78 is 2.30. The highest BCUT2D eigenvalue weighted by atomic mass is 35.5. The van der Waals surface area contributed by atoms with E-state index in [1.807, 2.05) is 60.7 Å². The van der Waals surface area contributed by atoms with Crippen LogP contribution in [-0.2, 0) is 0 Å². The van der Waals surface area contributed by atoms with Crippen LogP contribution in [0.2, 0.25) is 20.1 Å². The van der Waals surface area contributed by atoms with Crippen LogP contribution >= 0.6 is 46.4 Å². The maximum absolute atomic E-state index is 13.6. The Hall–Kier alpha value is -5.38. The molecule has 1 aliphatic carbocycles. The minimum atomic E-state index is -1.11. The molecular weight excluding hydrogens is 786 g/mol. The van der Waals surface area contributed by atoms with Crippen LogP contribution in [0, 0.1) is 0 Å². The average molecular weight is 819 g/mol. The molecule has 56 heavy (non-hydrogen) atoms. The molecule has 0 spiro atoms. The van der Waals surface area contributed by atoms with Crippen molar-refractivity contribution in [2.45, 2.75) is 38.1 Å². The summed E-state index contributed by atoms with van der Waals surface area (Å²) in [5.41, 5.74) is 20.2. The minimum Gasteiger partial charge on any atom is -0.478 e. The molecule has 0 bridgehead atoms. The van der Waals surface area contributed by atoms with Gasteiger partial charge in [0.25, 0.3) is 0 Å². The molecule has 3 heterocycles. The van der Waals surface area contributed by atoms with Gasteiger partial charge in [-0.1, -0.05) is 83.9 Å². The lowest BCUT2D eigenvalue weighted by molar-refractivity contribution is 0.0698. The van der Waals surface area contributed by atoms with Crippen molar-refractivity contribution in [1.82, 2.24) is 19.5 Å². The minimum absolute atomic E-state index is 0.0793. The fourth-order valence-electron chi connectivity index (χ4n) is 8.00. The van der Waals surface area contributed by atoms with E-state index < -0.39 is 5.97 Å². The molecule has 8 aromatic rings. The number of nitrogens with zero attached hydrogens (tertiary/aromatic N) is 4. The van der Waals surface area contributed by atoms with Crippen molar-refractivity contribution in [1.29, 1.82) is 0 Å². The van der Waals surface area contributed by atoms with Gasteiger partial charge in [0.15, 0.2) is 0 Å². The number of carboxylic acids is 1. The van der Waals surface area contributed by atoms with Gasteiger partial charge in [-0.15, -0.1) is 0 Å². The second-order valence-electron chi connectivity index (χ2n) is 14.2. The number of carboxylic acid groups (broad SMARTS) is 1. The molecule has 1 saturated carbocycles. The summed E-state index contributed by atoms with van der Waals surface area (Å²) in [6.45, 7) is 0. The van der Waals surface area contributed by atoms with Crippen LogP contribution in [0.25, 0.3) is 77.7 Å². The highest BCUT2D eigenvalue weighted by molar-refractivity contribution is 6.40. The molecule has 0 atom stereocenters. The molecule has 0 saturated heterocycles. The third kappa shape index (κ3) is 6.27. The first kappa shape index (κ1) is 36.3. The number of carbonyl (C=O) groups is 1. The van der Waals surface area contributed by atoms with Crippen LogP contribution in [0.3, 0.4) is 0 Å². The number of hydrogen-bond acceptors (Lipinski definition) is 6. The van der Waals surface area contributed by atoms with Crippen molar-refractivity contribution < 1.29 is 9.90 Å². The molecule has 0 unspecified atom stereocenters. The molecular formula is C44H32Cl4N6O2. The maximum atomic E-state index is 13.6. The normalized spacial score (nSPS) is 13.6. The van der Waals surface area contributed by atoms with Gasteiger partial charge in [-0.3, -0.25) is 4.98 Å². The second-order valence-corrected chi connectivity index (χ2v) is 15.8. The molecule has 278 valence electrons. The first-order chi connectivity index (χ1) is 27.0. The van der Waals surface area contributed by atoms with Gasteiger partial charge < -0.3 is 21.1 Å². The Kier molecular flexibility index (Phi) is 9.25. The van der Waals surface area contributed by atoms with Gasteiger partial charge >= 0.3 is 5.97 Å². The third-order valence-corrected chi connectivity index (χ3v) is 12.0. The van der Waals surface area contributed by atoms with Crippen LogP contribution in [0.1, 0.15) is 48.5 Å². The van der Waals surface area contributed by atoms with E-state index in [2.05, 4.69) is 15.6 Å². The van der Waals surface area contributed by atoms with E-state index in [9.17, 15) is 9.90 Å². The summed E-state index contributed by atoms with van der Waals surface area (Å²) >= 11 is 25.9. The van der Waals surface area contributed by atoms with Crippen molar-refractivity contribution in [2.24, 2.45) is 0 Å². The highest BCUT2D eigenvalue weighted by Crippen LogP contribution is 2.46. The van der Waals surface area contributed by atoms with Crippen molar-refractivity contribution >= 4 is 96.6 Å². The molecule has 0 amide bonds. The molecule has 12 heteroatoms. The zero-order valence-electron chi connectivity index (χ0n) is 29.7. The van der Waals surface area contributed by atoms with E-state index in [-0.39, 0.29) is 27.3 Å². The number of anilines is 2. The zero-order chi connectivity index (χ0) is 38.8. The third-order valence-electron chi connectivity index (χ3n) is 10.7. The van der Waals surface area contributed by atoms with E-state index in [0.29, 0.717) is 49.2 Å². The lowest BCUT2D eigenvalue weighted by atomic mass is 9.89. The predicted molar refractivity (Wildman–Crippen MR) is 230 cm³/mol. The van der Waals surface area contributed by atoms with Gasteiger partial charge in [-0.05, 0) is 102 Å². The number of halogens is 4. The van der Waals surface area contributed by atoms with Gasteiger partial charge in [0, 0.05) is 39.7 Å². The predicted octanol–water partition coefficient (Wildman–Crippen LogP) is 12.8. The number of pyridine rings is 2. The average Bonchev–Trinajstić information content (AvgIpc) is 3.60. The van der Waals surface area contributed by atoms with E-state index in [0.717, 1.165) is 76.4 Å². The molecule has 0 radical (unpaired) electrons. The Labute approximate surface area is 341 Å². The quantitative estimate of drug-likeness (QED) is 0.142. The van der Waals surface area contributed by atoms with E-state index in [1.165, 1.54) is 0 Å². The number of aromatic carboxylic acids is 1. The summed E-state index contributed by atoms with van der Waals surface area (Å²) in [4.78, 5) is 28.4. The summed E-state index contributed by atoms with van der Waals surface area (Å²) in [5.74, 6) is -0.377. The topological polar surface area (TPSA) is 133 Å². The molecule has 9 rings (SSSR count). The fraction of sp³-hybridized carbons (Fsp3) is 0.136. The van der Waals surface area contributed by atoms with E-state index in [4.69, 9.17) is 67.8 Å².